The number of hydrogen-bond donors (Lipinski definition) is 1. The van der Waals surface area contributed by atoms with Crippen LogP contribution in [0.15, 0.2) is 29.4 Å². The van der Waals surface area contributed by atoms with Crippen molar-refractivity contribution < 1.29 is 23.1 Å². The van der Waals surface area contributed by atoms with Crippen molar-refractivity contribution in [2.45, 2.75) is 30.3 Å². The van der Waals surface area contributed by atoms with Crippen LogP contribution in [0.1, 0.15) is 12.8 Å². The van der Waals surface area contributed by atoms with E-state index in [9.17, 15) is 18.4 Å². The maximum Gasteiger partial charge on any atom is 0.305 e. The Morgan fingerprint density at radius 2 is 2.12 bits per heavy atom. The van der Waals surface area contributed by atoms with Crippen molar-refractivity contribution in [3.63, 3.8) is 0 Å². The molecule has 0 atom stereocenters. The second kappa shape index (κ2) is 8.62. The molecule has 0 bridgehead atoms. The highest BCUT2D eigenvalue weighted by atomic mass is 32.2. The average Bonchev–Trinajstić information content (AvgIpc) is 2.88. The van der Waals surface area contributed by atoms with E-state index >= 15 is 0 Å². The van der Waals surface area contributed by atoms with Crippen LogP contribution < -0.4 is 5.32 Å². The standard InChI is InChI=1S/C15H17F2N3O3S/c1-23-13(22)7-4-8-18-12(21)9-20-11-6-3-2-5-10(11)19-15(20)24-14(16)17/h2-3,5-6,14H,4,7-9H2,1H3,(H,18,21). The summed E-state index contributed by atoms with van der Waals surface area (Å²) in [4.78, 5) is 27.2. The van der Waals surface area contributed by atoms with Gasteiger partial charge in [0.1, 0.15) is 6.54 Å². The minimum absolute atomic E-state index is 0.0934. The number of halogens is 2. The fourth-order valence-corrected chi connectivity index (χ4v) is 2.74. The molecule has 6 nitrogen and oxygen atoms in total. The summed E-state index contributed by atoms with van der Waals surface area (Å²) in [5, 5.41) is 2.75. The lowest BCUT2D eigenvalue weighted by atomic mass is 10.3. The number of para-hydroxylation sites is 2. The summed E-state index contributed by atoms with van der Waals surface area (Å²) in [5.41, 5.74) is 1.17. The van der Waals surface area contributed by atoms with Gasteiger partial charge in [-0.25, -0.2) is 4.98 Å². The van der Waals surface area contributed by atoms with E-state index in [4.69, 9.17) is 0 Å². The number of ether oxygens (including phenoxy) is 1. The van der Waals surface area contributed by atoms with E-state index < -0.39 is 5.76 Å². The number of aromatic nitrogens is 2. The highest BCUT2D eigenvalue weighted by Crippen LogP contribution is 2.28. The van der Waals surface area contributed by atoms with E-state index in [1.54, 1.807) is 24.3 Å². The van der Waals surface area contributed by atoms with Gasteiger partial charge in [-0.3, -0.25) is 9.59 Å². The van der Waals surface area contributed by atoms with Crippen LogP contribution in [0.3, 0.4) is 0 Å². The van der Waals surface area contributed by atoms with Gasteiger partial charge in [-0.2, -0.15) is 8.78 Å². The van der Waals surface area contributed by atoms with Gasteiger partial charge in [0.15, 0.2) is 5.16 Å². The fourth-order valence-electron chi connectivity index (χ4n) is 2.14. The Morgan fingerprint density at radius 3 is 2.83 bits per heavy atom. The minimum atomic E-state index is -2.62. The number of thioether (sulfide) groups is 1. The molecule has 24 heavy (non-hydrogen) atoms. The number of esters is 1. The first kappa shape index (κ1) is 18.2. The van der Waals surface area contributed by atoms with Crippen molar-refractivity contribution in [1.29, 1.82) is 0 Å². The molecule has 1 aromatic heterocycles. The number of carbonyl (C=O) groups excluding carboxylic acids is 2. The zero-order valence-electron chi connectivity index (χ0n) is 13.0. The summed E-state index contributed by atoms with van der Waals surface area (Å²) in [7, 11) is 1.30. The third kappa shape index (κ3) is 4.92. The molecular formula is C15H17F2N3O3S. The minimum Gasteiger partial charge on any atom is -0.469 e. The maximum atomic E-state index is 12.7. The van der Waals surface area contributed by atoms with Crippen LogP contribution in [0.2, 0.25) is 0 Å². The van der Waals surface area contributed by atoms with Gasteiger partial charge >= 0.3 is 5.97 Å². The van der Waals surface area contributed by atoms with Crippen molar-refractivity contribution in [2.75, 3.05) is 13.7 Å². The molecule has 0 aliphatic rings. The largest absolute Gasteiger partial charge is 0.469 e. The van der Waals surface area contributed by atoms with Crippen LogP contribution in [0.25, 0.3) is 11.0 Å². The summed E-state index contributed by atoms with van der Waals surface area (Å²) >= 11 is 0.305. The summed E-state index contributed by atoms with van der Waals surface area (Å²) in [6, 6.07) is 6.94. The summed E-state index contributed by atoms with van der Waals surface area (Å²) < 4.78 is 31.3. The molecule has 1 amide bonds. The summed E-state index contributed by atoms with van der Waals surface area (Å²) in [6.07, 6.45) is 0.652. The number of nitrogens with zero attached hydrogens (tertiary/aromatic N) is 2. The highest BCUT2D eigenvalue weighted by molar-refractivity contribution is 7.99. The Morgan fingerprint density at radius 1 is 1.38 bits per heavy atom. The lowest BCUT2D eigenvalue weighted by molar-refractivity contribution is -0.140. The van der Waals surface area contributed by atoms with Crippen LogP contribution >= 0.6 is 11.8 Å². The van der Waals surface area contributed by atoms with Crippen LogP contribution in [-0.2, 0) is 20.9 Å². The lowest BCUT2D eigenvalue weighted by Gasteiger charge is -2.09. The molecule has 0 unspecified atom stereocenters. The summed E-state index contributed by atoms with van der Waals surface area (Å²) in [5.74, 6) is -3.30. The zero-order valence-corrected chi connectivity index (χ0v) is 13.8. The molecule has 1 N–H and O–H groups in total. The van der Waals surface area contributed by atoms with Crippen molar-refractivity contribution in [3.05, 3.63) is 24.3 Å². The van der Waals surface area contributed by atoms with E-state index in [0.29, 0.717) is 35.8 Å². The monoisotopic (exact) mass is 357 g/mol. The smallest absolute Gasteiger partial charge is 0.305 e. The second-order valence-corrected chi connectivity index (χ2v) is 5.83. The number of alkyl halides is 2. The predicted octanol–water partition coefficient (Wildman–Crippen LogP) is 2.42. The van der Waals surface area contributed by atoms with E-state index in [1.807, 2.05) is 0 Å². The molecule has 0 saturated heterocycles. The molecule has 0 fully saturated rings. The van der Waals surface area contributed by atoms with Gasteiger partial charge in [0, 0.05) is 13.0 Å². The molecule has 2 aromatic rings. The molecule has 0 aliphatic carbocycles. The molecule has 0 saturated carbocycles. The molecule has 9 heteroatoms. The Hall–Kier alpha value is -2.16. The van der Waals surface area contributed by atoms with E-state index in [0.717, 1.165) is 0 Å². The number of rotatable bonds is 8. The topological polar surface area (TPSA) is 73.2 Å². The van der Waals surface area contributed by atoms with Crippen LogP contribution in [0, 0.1) is 0 Å². The third-order valence-electron chi connectivity index (χ3n) is 3.22. The number of imidazole rings is 1. The van der Waals surface area contributed by atoms with Crippen molar-refractivity contribution >= 4 is 34.7 Å². The van der Waals surface area contributed by atoms with Crippen LogP contribution in [0.4, 0.5) is 8.78 Å². The van der Waals surface area contributed by atoms with Gasteiger partial charge in [-0.05, 0) is 30.3 Å². The van der Waals surface area contributed by atoms with Gasteiger partial charge in [0.2, 0.25) is 5.91 Å². The quantitative estimate of drug-likeness (QED) is 0.446. The average molecular weight is 357 g/mol. The number of benzene rings is 1. The van der Waals surface area contributed by atoms with Crippen molar-refractivity contribution in [1.82, 2.24) is 14.9 Å². The number of fused-ring (bicyclic) bond motifs is 1. The first-order valence-electron chi connectivity index (χ1n) is 7.25. The van der Waals surface area contributed by atoms with Gasteiger partial charge in [0.25, 0.3) is 5.76 Å². The first-order chi connectivity index (χ1) is 11.5. The van der Waals surface area contributed by atoms with Gasteiger partial charge in [0.05, 0.1) is 18.1 Å². The van der Waals surface area contributed by atoms with Crippen LogP contribution in [0.5, 0.6) is 0 Å². The highest BCUT2D eigenvalue weighted by Gasteiger charge is 2.17. The van der Waals surface area contributed by atoms with Crippen molar-refractivity contribution in [3.8, 4) is 0 Å². The predicted molar refractivity (Wildman–Crippen MR) is 85.9 cm³/mol. The molecular weight excluding hydrogens is 340 g/mol. The molecule has 1 aromatic carbocycles. The third-order valence-corrected chi connectivity index (χ3v) is 3.92. The van der Waals surface area contributed by atoms with E-state index in [2.05, 4.69) is 15.0 Å². The van der Waals surface area contributed by atoms with E-state index in [-0.39, 0.29) is 30.0 Å². The Balaban J connectivity index is 2.02. The Bertz CT molecular complexity index is 721. The van der Waals surface area contributed by atoms with Crippen molar-refractivity contribution in [2.24, 2.45) is 0 Å². The fraction of sp³-hybridized carbons (Fsp3) is 0.400. The van der Waals surface area contributed by atoms with Gasteiger partial charge in [-0.15, -0.1) is 0 Å². The SMILES string of the molecule is COC(=O)CCCNC(=O)Cn1c(SC(F)F)nc2ccccc21. The normalized spacial score (nSPS) is 11.0. The molecule has 0 aliphatic heterocycles. The van der Waals surface area contributed by atoms with E-state index in [1.165, 1.54) is 11.7 Å². The zero-order chi connectivity index (χ0) is 17.5. The molecule has 2 rings (SSSR count). The number of amides is 1. The Kier molecular flexibility index (Phi) is 6.53. The summed E-state index contributed by atoms with van der Waals surface area (Å²) in [6.45, 7) is 0.186. The van der Waals surface area contributed by atoms with Gasteiger partial charge in [-0.1, -0.05) is 12.1 Å². The number of methoxy groups -OCH3 is 1. The Labute approximate surface area is 141 Å². The molecule has 0 radical (unpaired) electrons. The molecule has 130 valence electrons. The molecule has 0 spiro atoms. The lowest BCUT2D eigenvalue weighted by Crippen LogP contribution is -2.29. The number of hydrogen-bond acceptors (Lipinski definition) is 5. The molecule has 1 heterocycles. The first-order valence-corrected chi connectivity index (χ1v) is 8.13. The van der Waals surface area contributed by atoms with Gasteiger partial charge < -0.3 is 14.6 Å². The number of nitrogens with one attached hydrogen (secondary N) is 1. The van der Waals surface area contributed by atoms with Crippen LogP contribution in [-0.4, -0.2) is 40.8 Å². The second-order valence-electron chi connectivity index (χ2n) is 4.88. The number of carbonyl (C=O) groups is 2. The maximum absolute atomic E-state index is 12.7.